The lowest BCUT2D eigenvalue weighted by Gasteiger charge is -2.62. The fraction of sp³-hybridized carbons (Fsp3) is 0.977. The summed E-state index contributed by atoms with van der Waals surface area (Å²) in [5.41, 5.74) is -1.16. The molecule has 0 atom stereocenters. The maximum Gasteiger partial charge on any atom is 0.151 e. The second kappa shape index (κ2) is 18.6. The van der Waals surface area contributed by atoms with Crippen molar-refractivity contribution in [3.05, 3.63) is 0 Å². The molecular weight excluding hydrogens is 563 g/mol. The monoisotopic (exact) mass is 641 g/mol. The van der Waals surface area contributed by atoms with Crippen LogP contribution in [0.25, 0.3) is 0 Å². The topological polar surface area (TPSA) is 17.1 Å². The number of hydrogen-bond donors (Lipinski definition) is 0. The van der Waals surface area contributed by atoms with Gasteiger partial charge in [0.25, 0.3) is 0 Å². The van der Waals surface area contributed by atoms with Crippen LogP contribution in [0.4, 0.5) is 4.39 Å². The van der Waals surface area contributed by atoms with E-state index in [1.807, 2.05) is 0 Å². The quantitative estimate of drug-likeness (QED) is 0.136. The van der Waals surface area contributed by atoms with E-state index in [0.29, 0.717) is 5.78 Å². The average molecular weight is 641 g/mol. The molecule has 5 aliphatic rings. The molecular formula is C44H77FO. The molecule has 0 aromatic rings. The molecule has 0 unspecified atom stereocenters. The molecule has 0 N–H and O–H groups in total. The van der Waals surface area contributed by atoms with Crippen LogP contribution in [0.2, 0.25) is 0 Å². The van der Waals surface area contributed by atoms with Gasteiger partial charge in [-0.05, 0) is 113 Å². The Bertz CT molecular complexity index is 779. The van der Waals surface area contributed by atoms with Crippen LogP contribution in [0.3, 0.4) is 0 Å². The van der Waals surface area contributed by atoms with E-state index in [1.165, 1.54) is 154 Å². The van der Waals surface area contributed by atoms with Crippen molar-refractivity contribution >= 4 is 5.78 Å². The highest BCUT2D eigenvalue weighted by Gasteiger charge is 2.71. The summed E-state index contributed by atoms with van der Waals surface area (Å²) >= 11 is 0. The van der Waals surface area contributed by atoms with Crippen LogP contribution < -0.4 is 0 Å². The summed E-state index contributed by atoms with van der Waals surface area (Å²) in [4.78, 5) is 13.9. The van der Waals surface area contributed by atoms with Gasteiger partial charge < -0.3 is 0 Å². The standard InChI is InChI=1S/C44H77FO/c1-3-5-7-9-11-13-15-17-35-19-23-37(24-20-35)39-27-31-43(32-28-39)41(45)44(42(43)46)33-29-40(30-34-44)38-25-21-36(22-26-38)18-16-14-12-10-8-6-4-2/h35-41H,3-34H2,1-2H3/t35-,36-,37-,38-,39?,40?,41?,43?,44?. The van der Waals surface area contributed by atoms with Crippen molar-refractivity contribution in [3.63, 3.8) is 0 Å². The highest BCUT2D eigenvalue weighted by atomic mass is 19.1. The van der Waals surface area contributed by atoms with E-state index in [9.17, 15) is 4.79 Å². The maximum absolute atomic E-state index is 16.3. The van der Waals surface area contributed by atoms with E-state index in [1.54, 1.807) is 0 Å². The predicted octanol–water partition coefficient (Wildman–Crippen LogP) is 14.2. The number of halogens is 1. The van der Waals surface area contributed by atoms with E-state index >= 15 is 4.39 Å². The molecule has 0 bridgehead atoms. The van der Waals surface area contributed by atoms with Crippen molar-refractivity contribution in [2.75, 3.05) is 0 Å². The number of unbranched alkanes of at least 4 members (excludes halogenated alkanes) is 12. The van der Waals surface area contributed by atoms with Gasteiger partial charge in [0.2, 0.25) is 0 Å². The zero-order valence-electron chi connectivity index (χ0n) is 31.0. The van der Waals surface area contributed by atoms with Gasteiger partial charge in [-0.15, -0.1) is 0 Å². The van der Waals surface area contributed by atoms with Crippen molar-refractivity contribution in [2.24, 2.45) is 46.3 Å². The number of hydrogen-bond acceptors (Lipinski definition) is 1. The summed E-state index contributed by atoms with van der Waals surface area (Å²) in [6, 6.07) is 0. The van der Waals surface area contributed by atoms with Crippen molar-refractivity contribution in [2.45, 2.75) is 225 Å². The predicted molar refractivity (Wildman–Crippen MR) is 195 cm³/mol. The molecule has 46 heavy (non-hydrogen) atoms. The highest BCUT2D eigenvalue weighted by Crippen LogP contribution is 2.66. The zero-order valence-corrected chi connectivity index (χ0v) is 31.0. The summed E-state index contributed by atoms with van der Waals surface area (Å²) in [6.45, 7) is 4.60. The molecule has 0 radical (unpaired) electrons. The molecule has 0 aliphatic heterocycles. The molecule has 0 aromatic carbocycles. The second-order valence-corrected chi connectivity index (χ2v) is 18.1. The van der Waals surface area contributed by atoms with Crippen LogP contribution in [-0.4, -0.2) is 12.0 Å². The van der Waals surface area contributed by atoms with Crippen LogP contribution in [0.15, 0.2) is 0 Å². The molecule has 0 aromatic heterocycles. The summed E-state index contributed by atoms with van der Waals surface area (Å²) < 4.78 is 16.3. The highest BCUT2D eigenvalue weighted by molar-refractivity contribution is 5.98. The normalized spacial score (nSPS) is 38.3. The Morgan fingerprint density at radius 3 is 1.09 bits per heavy atom. The molecule has 0 saturated heterocycles. The third-order valence-electron chi connectivity index (χ3n) is 15.3. The molecule has 5 rings (SSSR count). The van der Waals surface area contributed by atoms with Gasteiger partial charge in [0, 0.05) is 0 Å². The van der Waals surface area contributed by atoms with Crippen molar-refractivity contribution in [1.82, 2.24) is 0 Å². The lowest BCUT2D eigenvalue weighted by Crippen LogP contribution is -2.69. The Hall–Kier alpha value is -0.400. The summed E-state index contributed by atoms with van der Waals surface area (Å²) in [6.07, 6.45) is 41.2. The van der Waals surface area contributed by atoms with E-state index in [2.05, 4.69) is 13.8 Å². The van der Waals surface area contributed by atoms with E-state index in [-0.39, 0.29) is 0 Å². The van der Waals surface area contributed by atoms with Gasteiger partial charge in [-0.25, -0.2) is 4.39 Å². The Morgan fingerprint density at radius 1 is 0.457 bits per heavy atom. The number of ketones is 1. The Labute approximate surface area is 286 Å². The Balaban J connectivity index is 0.949. The van der Waals surface area contributed by atoms with Crippen molar-refractivity contribution < 1.29 is 9.18 Å². The molecule has 266 valence electrons. The fourth-order valence-corrected chi connectivity index (χ4v) is 12.1. The molecule has 2 heteroatoms. The lowest BCUT2D eigenvalue weighted by molar-refractivity contribution is -0.194. The minimum absolute atomic E-state index is 0.390. The first-order valence-electron chi connectivity index (χ1n) is 21.7. The Morgan fingerprint density at radius 2 is 0.761 bits per heavy atom. The fourth-order valence-electron chi connectivity index (χ4n) is 12.1. The van der Waals surface area contributed by atoms with Gasteiger partial charge in [-0.1, -0.05) is 142 Å². The molecule has 5 aliphatic carbocycles. The van der Waals surface area contributed by atoms with Crippen LogP contribution in [0.5, 0.6) is 0 Å². The summed E-state index contributed by atoms with van der Waals surface area (Å²) in [5, 5.41) is 0. The first kappa shape index (κ1) is 36.9. The number of rotatable bonds is 18. The minimum Gasteiger partial charge on any atom is -0.298 e. The van der Waals surface area contributed by atoms with E-state index < -0.39 is 17.0 Å². The third kappa shape index (κ3) is 9.03. The molecule has 1 nitrogen and oxygen atoms in total. The van der Waals surface area contributed by atoms with Gasteiger partial charge >= 0.3 is 0 Å². The van der Waals surface area contributed by atoms with Crippen LogP contribution in [0.1, 0.15) is 219 Å². The van der Waals surface area contributed by atoms with Gasteiger partial charge in [0.05, 0.1) is 10.8 Å². The average Bonchev–Trinajstić information content (AvgIpc) is 3.11. The first-order chi connectivity index (χ1) is 22.5. The molecule has 2 spiro atoms. The first-order valence-corrected chi connectivity index (χ1v) is 21.7. The van der Waals surface area contributed by atoms with E-state index in [4.69, 9.17) is 0 Å². The smallest absolute Gasteiger partial charge is 0.151 e. The third-order valence-corrected chi connectivity index (χ3v) is 15.3. The Kier molecular flexibility index (Phi) is 14.9. The van der Waals surface area contributed by atoms with Gasteiger partial charge in [0.1, 0.15) is 6.17 Å². The van der Waals surface area contributed by atoms with Gasteiger partial charge in [-0.3, -0.25) is 4.79 Å². The van der Waals surface area contributed by atoms with Crippen LogP contribution in [0, 0.1) is 46.3 Å². The summed E-state index contributed by atoms with van der Waals surface area (Å²) in [5.74, 6) is 5.55. The number of carbonyl (C=O) groups excluding carboxylic acids is 1. The lowest BCUT2D eigenvalue weighted by atomic mass is 9.41. The van der Waals surface area contributed by atoms with Crippen molar-refractivity contribution in [3.8, 4) is 0 Å². The van der Waals surface area contributed by atoms with Crippen LogP contribution >= 0.6 is 0 Å². The maximum atomic E-state index is 16.3. The van der Waals surface area contributed by atoms with E-state index in [0.717, 1.165) is 86.9 Å². The number of Topliss-reactive ketones (excluding diaryl/α,β-unsaturated/α-hetero) is 1. The number of alkyl halides is 1. The largest absolute Gasteiger partial charge is 0.298 e. The zero-order chi connectivity index (χ0) is 32.2. The second-order valence-electron chi connectivity index (χ2n) is 18.1. The number of carbonyl (C=O) groups is 1. The molecule has 5 saturated carbocycles. The van der Waals surface area contributed by atoms with Crippen molar-refractivity contribution in [1.29, 1.82) is 0 Å². The SMILES string of the molecule is CCCCCCCCC[C@H]1CC[C@H](C2CCC3(CC2)C(=O)C2(CCC([C@H]4CC[C@H](CCCCCCCCC)CC4)CC2)C3F)CC1. The van der Waals surface area contributed by atoms with Gasteiger partial charge in [-0.2, -0.15) is 0 Å². The molecule has 5 fully saturated rings. The molecule has 0 heterocycles. The van der Waals surface area contributed by atoms with Crippen LogP contribution in [-0.2, 0) is 4.79 Å². The molecule has 0 amide bonds. The minimum atomic E-state index is -0.843. The van der Waals surface area contributed by atoms with Gasteiger partial charge in [0.15, 0.2) is 5.78 Å². The summed E-state index contributed by atoms with van der Waals surface area (Å²) in [7, 11) is 0.